The van der Waals surface area contributed by atoms with Crippen molar-refractivity contribution in [3.05, 3.63) is 127 Å². The molecule has 0 fully saturated rings. The standard InChI is InChI=1S/C33H32N6O4S/c1-39(31-20-21-34-32(38-31)35-26-10-8-25(9-11-26)23-44(2,41)42)29-16-12-27(13-17-29)36-33(40)37-28-14-18-30(19-15-28)43-22-24-6-4-3-5-7-24/h3-21H,22-23H2,1-2H3,(H,34,35,38)(H2,36,37,40). The van der Waals surface area contributed by atoms with Crippen molar-refractivity contribution in [2.24, 2.45) is 0 Å². The number of aromatic nitrogens is 2. The molecule has 11 heteroatoms. The fourth-order valence-electron chi connectivity index (χ4n) is 4.28. The van der Waals surface area contributed by atoms with Crippen molar-refractivity contribution in [2.75, 3.05) is 34.2 Å². The zero-order valence-corrected chi connectivity index (χ0v) is 25.1. The number of sulfone groups is 1. The molecule has 10 nitrogen and oxygen atoms in total. The molecule has 3 N–H and O–H groups in total. The predicted molar refractivity (Wildman–Crippen MR) is 175 cm³/mol. The minimum Gasteiger partial charge on any atom is -0.489 e. The van der Waals surface area contributed by atoms with Gasteiger partial charge in [0.2, 0.25) is 5.95 Å². The highest BCUT2D eigenvalue weighted by molar-refractivity contribution is 7.89. The van der Waals surface area contributed by atoms with E-state index < -0.39 is 9.84 Å². The van der Waals surface area contributed by atoms with Gasteiger partial charge >= 0.3 is 6.03 Å². The Kier molecular flexibility index (Phi) is 9.36. The van der Waals surface area contributed by atoms with E-state index in [-0.39, 0.29) is 11.8 Å². The third-order valence-corrected chi connectivity index (χ3v) is 7.35. The van der Waals surface area contributed by atoms with Crippen LogP contribution < -0.4 is 25.6 Å². The van der Waals surface area contributed by atoms with Gasteiger partial charge in [-0.1, -0.05) is 42.5 Å². The third-order valence-electron chi connectivity index (χ3n) is 6.50. The monoisotopic (exact) mass is 608 g/mol. The van der Waals surface area contributed by atoms with Gasteiger partial charge in [0.1, 0.15) is 18.2 Å². The molecule has 2 amide bonds. The van der Waals surface area contributed by atoms with Gasteiger partial charge in [-0.2, -0.15) is 4.98 Å². The van der Waals surface area contributed by atoms with E-state index in [0.29, 0.717) is 41.1 Å². The number of carbonyl (C=O) groups excluding carboxylic acids is 1. The Labute approximate surface area is 256 Å². The summed E-state index contributed by atoms with van der Waals surface area (Å²) >= 11 is 0. The van der Waals surface area contributed by atoms with Gasteiger partial charge in [-0.15, -0.1) is 0 Å². The maximum Gasteiger partial charge on any atom is 0.323 e. The minimum absolute atomic E-state index is 0.0113. The van der Waals surface area contributed by atoms with Crippen LogP contribution in [0.5, 0.6) is 5.75 Å². The Balaban J connectivity index is 1.13. The molecule has 0 radical (unpaired) electrons. The van der Waals surface area contributed by atoms with Crippen LogP contribution in [0.2, 0.25) is 0 Å². The van der Waals surface area contributed by atoms with Crippen LogP contribution in [0.25, 0.3) is 0 Å². The average molecular weight is 609 g/mol. The normalized spacial score (nSPS) is 11.0. The molecule has 44 heavy (non-hydrogen) atoms. The molecule has 1 heterocycles. The summed E-state index contributed by atoms with van der Waals surface area (Å²) in [6.45, 7) is 0.472. The Morgan fingerprint density at radius 3 is 2.02 bits per heavy atom. The Morgan fingerprint density at radius 1 is 0.773 bits per heavy atom. The quantitative estimate of drug-likeness (QED) is 0.150. The summed E-state index contributed by atoms with van der Waals surface area (Å²) in [6, 6.07) is 33.0. The molecule has 4 aromatic carbocycles. The number of nitrogens with one attached hydrogen (secondary N) is 3. The van der Waals surface area contributed by atoms with E-state index >= 15 is 0 Å². The van der Waals surface area contributed by atoms with Crippen LogP contribution in [0, 0.1) is 0 Å². The van der Waals surface area contributed by atoms with Crippen LogP contribution >= 0.6 is 0 Å². The average Bonchev–Trinajstić information content (AvgIpc) is 3.02. The second-order valence-electron chi connectivity index (χ2n) is 10.1. The third kappa shape index (κ3) is 8.79. The first-order chi connectivity index (χ1) is 21.2. The molecule has 0 aliphatic rings. The number of amides is 2. The summed E-state index contributed by atoms with van der Waals surface area (Å²) in [5.74, 6) is 1.76. The predicted octanol–water partition coefficient (Wildman–Crippen LogP) is 6.76. The minimum atomic E-state index is -3.10. The second-order valence-corrected chi connectivity index (χ2v) is 12.3. The van der Waals surface area contributed by atoms with Crippen molar-refractivity contribution in [1.29, 1.82) is 0 Å². The SMILES string of the molecule is CN(c1ccc(NC(=O)Nc2ccc(OCc3ccccc3)cc2)cc1)c1ccnc(Nc2ccc(CS(C)(=O)=O)cc2)n1. The zero-order valence-electron chi connectivity index (χ0n) is 24.3. The zero-order chi connectivity index (χ0) is 30.9. The van der Waals surface area contributed by atoms with Gasteiger partial charge in [0.05, 0.1) is 5.75 Å². The van der Waals surface area contributed by atoms with E-state index in [2.05, 4.69) is 25.9 Å². The lowest BCUT2D eigenvalue weighted by Gasteiger charge is -2.19. The van der Waals surface area contributed by atoms with Crippen molar-refractivity contribution in [1.82, 2.24) is 9.97 Å². The number of urea groups is 1. The molecule has 5 aromatic rings. The van der Waals surface area contributed by atoms with Gasteiger partial charge < -0.3 is 25.6 Å². The molecule has 0 aliphatic heterocycles. The molecule has 0 spiro atoms. The lowest BCUT2D eigenvalue weighted by Crippen LogP contribution is -2.19. The second kappa shape index (κ2) is 13.7. The summed E-state index contributed by atoms with van der Waals surface area (Å²) in [4.78, 5) is 23.4. The molecular formula is C33H32N6O4S. The van der Waals surface area contributed by atoms with Crippen LogP contribution in [0.3, 0.4) is 0 Å². The maximum absolute atomic E-state index is 12.6. The largest absolute Gasteiger partial charge is 0.489 e. The molecule has 0 aliphatic carbocycles. The number of benzene rings is 4. The van der Waals surface area contributed by atoms with E-state index in [4.69, 9.17) is 4.74 Å². The fourth-order valence-corrected chi connectivity index (χ4v) is 5.08. The summed E-state index contributed by atoms with van der Waals surface area (Å²) in [6.07, 6.45) is 2.86. The number of hydrogen-bond acceptors (Lipinski definition) is 8. The molecule has 224 valence electrons. The maximum atomic E-state index is 12.6. The van der Waals surface area contributed by atoms with Crippen molar-refractivity contribution in [3.8, 4) is 5.75 Å². The van der Waals surface area contributed by atoms with Crippen LogP contribution in [-0.2, 0) is 22.2 Å². The molecule has 0 bridgehead atoms. The van der Waals surface area contributed by atoms with Crippen molar-refractivity contribution >= 4 is 50.4 Å². The van der Waals surface area contributed by atoms with Gasteiger partial charge in [0.15, 0.2) is 9.84 Å². The van der Waals surface area contributed by atoms with E-state index in [1.54, 1.807) is 48.7 Å². The highest BCUT2D eigenvalue weighted by Crippen LogP contribution is 2.25. The van der Waals surface area contributed by atoms with E-state index in [0.717, 1.165) is 16.9 Å². The first-order valence-corrected chi connectivity index (χ1v) is 15.8. The first kappa shape index (κ1) is 30.1. The van der Waals surface area contributed by atoms with E-state index in [9.17, 15) is 13.2 Å². The number of anilines is 6. The molecule has 0 unspecified atom stereocenters. The van der Waals surface area contributed by atoms with Crippen LogP contribution in [-0.4, -0.2) is 37.7 Å². The number of nitrogens with zero attached hydrogens (tertiary/aromatic N) is 3. The van der Waals surface area contributed by atoms with Crippen LogP contribution in [0.15, 0.2) is 115 Å². The smallest absolute Gasteiger partial charge is 0.323 e. The van der Waals surface area contributed by atoms with Gasteiger partial charge in [-0.05, 0) is 77.9 Å². The number of rotatable bonds is 11. The molecular weight excluding hydrogens is 576 g/mol. The van der Waals surface area contributed by atoms with E-state index in [1.165, 1.54) is 6.26 Å². The van der Waals surface area contributed by atoms with Crippen molar-refractivity contribution in [2.45, 2.75) is 12.4 Å². The molecule has 0 atom stereocenters. The summed E-state index contributed by atoms with van der Waals surface area (Å²) < 4.78 is 28.8. The first-order valence-electron chi connectivity index (χ1n) is 13.8. The number of ether oxygens (including phenoxy) is 1. The number of carbonyl (C=O) groups is 1. The Bertz CT molecular complexity index is 1800. The summed E-state index contributed by atoms with van der Waals surface area (Å²) in [5.41, 5.74) is 4.66. The van der Waals surface area contributed by atoms with Crippen molar-refractivity contribution < 1.29 is 17.9 Å². The number of hydrogen-bond donors (Lipinski definition) is 3. The van der Waals surface area contributed by atoms with E-state index in [1.807, 2.05) is 78.7 Å². The summed E-state index contributed by atoms with van der Waals surface area (Å²) in [7, 11) is -1.22. The fraction of sp³-hybridized carbons (Fsp3) is 0.121. The molecule has 0 saturated carbocycles. The lowest BCUT2D eigenvalue weighted by atomic mass is 10.2. The highest BCUT2D eigenvalue weighted by Gasteiger charge is 2.10. The highest BCUT2D eigenvalue weighted by atomic mass is 32.2. The summed E-state index contributed by atoms with van der Waals surface area (Å²) in [5, 5.41) is 8.82. The van der Waals surface area contributed by atoms with Crippen LogP contribution in [0.1, 0.15) is 11.1 Å². The molecule has 0 saturated heterocycles. The topological polar surface area (TPSA) is 126 Å². The lowest BCUT2D eigenvalue weighted by molar-refractivity contribution is 0.262. The van der Waals surface area contributed by atoms with Crippen molar-refractivity contribution in [3.63, 3.8) is 0 Å². The molecule has 5 rings (SSSR count). The van der Waals surface area contributed by atoms with Gasteiger partial charge in [0, 0.05) is 42.2 Å². The van der Waals surface area contributed by atoms with Gasteiger partial charge in [-0.3, -0.25) is 0 Å². The van der Waals surface area contributed by atoms with Gasteiger partial charge in [-0.25, -0.2) is 18.2 Å². The van der Waals surface area contributed by atoms with Gasteiger partial charge in [0.25, 0.3) is 0 Å². The van der Waals surface area contributed by atoms with Crippen LogP contribution in [0.4, 0.5) is 39.3 Å². The Hall–Kier alpha value is -5.42. The molecule has 1 aromatic heterocycles. The Morgan fingerprint density at radius 2 is 1.39 bits per heavy atom.